The van der Waals surface area contributed by atoms with Gasteiger partial charge in [-0.05, 0) is 37.8 Å². The molecule has 0 saturated carbocycles. The predicted molar refractivity (Wildman–Crippen MR) is 103 cm³/mol. The Bertz CT molecular complexity index is 621. The number of guanidine groups is 1. The van der Waals surface area contributed by atoms with Crippen LogP contribution in [-0.4, -0.2) is 56.7 Å². The van der Waals surface area contributed by atoms with Gasteiger partial charge in [0, 0.05) is 26.6 Å². The smallest absolute Gasteiger partial charge is 0.217 e. The highest BCUT2D eigenvalue weighted by atomic mass is 16.5. The van der Waals surface area contributed by atoms with E-state index in [0.29, 0.717) is 24.6 Å². The number of hydrogen-bond donors (Lipinski definition) is 2. The lowest BCUT2D eigenvalue weighted by Gasteiger charge is -2.35. The third kappa shape index (κ3) is 5.82. The van der Waals surface area contributed by atoms with Gasteiger partial charge in [0.2, 0.25) is 5.91 Å². The van der Waals surface area contributed by atoms with Gasteiger partial charge in [-0.3, -0.25) is 9.79 Å². The highest BCUT2D eigenvalue weighted by Gasteiger charge is 2.23. The number of likely N-dealkylation sites (tertiary alicyclic amines) is 1. The van der Waals surface area contributed by atoms with Crippen molar-refractivity contribution in [3.05, 3.63) is 24.3 Å². The molecule has 2 atom stereocenters. The maximum atomic E-state index is 11.2. The molecular weight excluding hydrogens is 332 g/mol. The fraction of sp³-hybridized carbons (Fsp3) is 0.579. The molecule has 7 nitrogen and oxygen atoms in total. The van der Waals surface area contributed by atoms with Crippen molar-refractivity contribution in [3.63, 3.8) is 0 Å². The summed E-state index contributed by atoms with van der Waals surface area (Å²) in [6.07, 6.45) is 2.44. The lowest BCUT2D eigenvalue weighted by Crippen LogP contribution is -2.49. The van der Waals surface area contributed by atoms with Crippen LogP contribution in [0, 0.1) is 5.92 Å². The van der Waals surface area contributed by atoms with Crippen LogP contribution in [0.5, 0.6) is 11.5 Å². The molecule has 1 saturated heterocycles. The molecule has 1 aliphatic heterocycles. The van der Waals surface area contributed by atoms with E-state index in [1.807, 2.05) is 31.2 Å². The monoisotopic (exact) mass is 362 g/mol. The number of benzene rings is 1. The van der Waals surface area contributed by atoms with Crippen LogP contribution in [-0.2, 0) is 4.79 Å². The first-order chi connectivity index (χ1) is 12.5. The van der Waals surface area contributed by atoms with Gasteiger partial charge in [0.15, 0.2) is 17.5 Å². The number of hydrogen-bond acceptors (Lipinski definition) is 4. The normalized spacial score (nSPS) is 19.0. The lowest BCUT2D eigenvalue weighted by atomic mass is 9.95. The van der Waals surface area contributed by atoms with Crippen molar-refractivity contribution in [3.8, 4) is 11.5 Å². The van der Waals surface area contributed by atoms with Crippen LogP contribution in [0.25, 0.3) is 0 Å². The SMILES string of the molecule is CN=C(NCC(C)Oc1ccccc1OC)N1CCCC(CC(N)=O)C1. The number of methoxy groups -OCH3 is 1. The molecule has 0 radical (unpaired) electrons. The Morgan fingerprint density at radius 1 is 1.42 bits per heavy atom. The molecule has 0 aliphatic carbocycles. The highest BCUT2D eigenvalue weighted by molar-refractivity contribution is 5.80. The number of nitrogens with zero attached hydrogens (tertiary/aromatic N) is 2. The zero-order valence-corrected chi connectivity index (χ0v) is 15.9. The van der Waals surface area contributed by atoms with E-state index in [0.717, 1.165) is 37.6 Å². The third-order valence-electron chi connectivity index (χ3n) is 4.47. The van der Waals surface area contributed by atoms with Crippen LogP contribution < -0.4 is 20.5 Å². The third-order valence-corrected chi connectivity index (χ3v) is 4.47. The van der Waals surface area contributed by atoms with Crippen molar-refractivity contribution in [1.29, 1.82) is 0 Å². The Hall–Kier alpha value is -2.44. The van der Waals surface area contributed by atoms with E-state index in [4.69, 9.17) is 15.2 Å². The molecule has 1 aromatic rings. The molecule has 0 bridgehead atoms. The van der Waals surface area contributed by atoms with Crippen LogP contribution in [0.3, 0.4) is 0 Å². The Morgan fingerprint density at radius 2 is 2.15 bits per heavy atom. The summed E-state index contributed by atoms with van der Waals surface area (Å²) in [7, 11) is 3.40. The van der Waals surface area contributed by atoms with Gasteiger partial charge in [-0.25, -0.2) is 0 Å². The topological polar surface area (TPSA) is 89.2 Å². The van der Waals surface area contributed by atoms with Crippen molar-refractivity contribution in [2.24, 2.45) is 16.6 Å². The first-order valence-corrected chi connectivity index (χ1v) is 9.07. The van der Waals surface area contributed by atoms with E-state index < -0.39 is 0 Å². The molecule has 7 heteroatoms. The molecule has 2 unspecified atom stereocenters. The number of amides is 1. The summed E-state index contributed by atoms with van der Waals surface area (Å²) in [6.45, 7) is 4.33. The maximum Gasteiger partial charge on any atom is 0.217 e. The van der Waals surface area contributed by atoms with E-state index in [1.165, 1.54) is 0 Å². The number of carbonyl (C=O) groups is 1. The quantitative estimate of drug-likeness (QED) is 0.568. The lowest BCUT2D eigenvalue weighted by molar-refractivity contribution is -0.119. The number of nitrogens with one attached hydrogen (secondary N) is 1. The summed E-state index contributed by atoms with van der Waals surface area (Å²) < 4.78 is 11.3. The number of nitrogens with two attached hydrogens (primary N) is 1. The zero-order chi connectivity index (χ0) is 18.9. The van der Waals surface area contributed by atoms with Gasteiger partial charge in [-0.15, -0.1) is 0 Å². The van der Waals surface area contributed by atoms with Crippen molar-refractivity contribution < 1.29 is 14.3 Å². The fourth-order valence-corrected chi connectivity index (χ4v) is 3.25. The van der Waals surface area contributed by atoms with E-state index in [9.17, 15) is 4.79 Å². The van der Waals surface area contributed by atoms with Crippen molar-refractivity contribution in [2.45, 2.75) is 32.3 Å². The molecule has 3 N–H and O–H groups in total. The second kappa shape index (κ2) is 9.89. The van der Waals surface area contributed by atoms with Gasteiger partial charge in [-0.1, -0.05) is 12.1 Å². The molecule has 0 spiro atoms. The average molecular weight is 362 g/mol. The molecule has 0 aromatic heterocycles. The van der Waals surface area contributed by atoms with Crippen LogP contribution in [0.15, 0.2) is 29.3 Å². The number of para-hydroxylation sites is 2. The Balaban J connectivity index is 1.87. The first kappa shape index (κ1) is 19.9. The predicted octanol–water partition coefficient (Wildman–Crippen LogP) is 1.63. The summed E-state index contributed by atoms with van der Waals surface area (Å²) in [4.78, 5) is 17.7. The van der Waals surface area contributed by atoms with Crippen LogP contribution >= 0.6 is 0 Å². The number of carbonyl (C=O) groups excluding carboxylic acids is 1. The number of aliphatic imine (C=N–C) groups is 1. The minimum Gasteiger partial charge on any atom is -0.493 e. The van der Waals surface area contributed by atoms with Gasteiger partial charge in [0.25, 0.3) is 0 Å². The summed E-state index contributed by atoms with van der Waals surface area (Å²) in [5.41, 5.74) is 5.34. The molecule has 1 fully saturated rings. The van der Waals surface area contributed by atoms with Gasteiger partial charge in [-0.2, -0.15) is 0 Å². The fourth-order valence-electron chi connectivity index (χ4n) is 3.25. The molecular formula is C19H30N4O3. The van der Waals surface area contributed by atoms with Crippen molar-refractivity contribution in [1.82, 2.24) is 10.2 Å². The summed E-state index contributed by atoms with van der Waals surface area (Å²) in [5.74, 6) is 2.32. The summed E-state index contributed by atoms with van der Waals surface area (Å²) in [5, 5.41) is 3.36. The minimum absolute atomic E-state index is 0.0609. The summed E-state index contributed by atoms with van der Waals surface area (Å²) in [6, 6.07) is 7.60. The summed E-state index contributed by atoms with van der Waals surface area (Å²) >= 11 is 0. The van der Waals surface area contributed by atoms with Crippen molar-refractivity contribution in [2.75, 3.05) is 33.8 Å². The number of ether oxygens (including phenoxy) is 2. The van der Waals surface area contributed by atoms with Crippen LogP contribution in [0.4, 0.5) is 0 Å². The number of rotatable bonds is 7. The molecule has 1 amide bonds. The van der Waals surface area contributed by atoms with E-state index in [1.54, 1.807) is 14.2 Å². The average Bonchev–Trinajstić information content (AvgIpc) is 2.62. The molecule has 1 heterocycles. The first-order valence-electron chi connectivity index (χ1n) is 9.07. The Labute approximate surface area is 155 Å². The maximum absolute atomic E-state index is 11.2. The van der Waals surface area contributed by atoms with Crippen molar-refractivity contribution >= 4 is 11.9 Å². The van der Waals surface area contributed by atoms with Gasteiger partial charge in [0.05, 0.1) is 13.7 Å². The molecule has 1 aromatic carbocycles. The number of piperidine rings is 1. The van der Waals surface area contributed by atoms with Gasteiger partial charge < -0.3 is 25.4 Å². The van der Waals surface area contributed by atoms with E-state index in [2.05, 4.69) is 15.2 Å². The van der Waals surface area contributed by atoms with Crippen LogP contribution in [0.1, 0.15) is 26.2 Å². The second-order valence-electron chi connectivity index (χ2n) is 6.63. The molecule has 1 aliphatic rings. The molecule has 2 rings (SSSR count). The highest BCUT2D eigenvalue weighted by Crippen LogP contribution is 2.26. The Morgan fingerprint density at radius 3 is 2.81 bits per heavy atom. The van der Waals surface area contributed by atoms with E-state index >= 15 is 0 Å². The standard InChI is InChI=1S/C19H30N4O3/c1-14(26-17-9-5-4-8-16(17)25-3)12-22-19(21-2)23-10-6-7-15(13-23)11-18(20)24/h4-5,8-9,14-15H,6-7,10-13H2,1-3H3,(H2,20,24)(H,21,22). The van der Waals surface area contributed by atoms with Crippen LogP contribution in [0.2, 0.25) is 0 Å². The molecule has 144 valence electrons. The number of primary amides is 1. The minimum atomic E-state index is -0.237. The van der Waals surface area contributed by atoms with Gasteiger partial charge >= 0.3 is 0 Å². The van der Waals surface area contributed by atoms with Gasteiger partial charge in [0.1, 0.15) is 6.10 Å². The molecule has 26 heavy (non-hydrogen) atoms. The zero-order valence-electron chi connectivity index (χ0n) is 15.9. The van der Waals surface area contributed by atoms with E-state index in [-0.39, 0.29) is 12.0 Å². The second-order valence-corrected chi connectivity index (χ2v) is 6.63. The Kier molecular flexibility index (Phi) is 7.56. The largest absolute Gasteiger partial charge is 0.493 e.